The zero-order valence-corrected chi connectivity index (χ0v) is 9.07. The van der Waals surface area contributed by atoms with Gasteiger partial charge in [0.25, 0.3) is 0 Å². The number of carbonyl (C=O) groups is 2. The van der Waals surface area contributed by atoms with Crippen molar-refractivity contribution in [2.45, 2.75) is 13.3 Å². The summed E-state index contributed by atoms with van der Waals surface area (Å²) >= 11 is 0. The van der Waals surface area contributed by atoms with E-state index in [-0.39, 0.29) is 6.42 Å². The number of anilines is 1. The molecule has 86 valence electrons. The van der Waals surface area contributed by atoms with Crippen LogP contribution in [0.2, 0.25) is 0 Å². The molecule has 0 aromatic heterocycles. The van der Waals surface area contributed by atoms with Crippen LogP contribution in [0.3, 0.4) is 0 Å². The number of primary amides is 2. The summed E-state index contributed by atoms with van der Waals surface area (Å²) in [5.41, 5.74) is 15.9. The van der Waals surface area contributed by atoms with Gasteiger partial charge in [0.1, 0.15) is 5.41 Å². The van der Waals surface area contributed by atoms with Gasteiger partial charge in [-0.1, -0.05) is 12.1 Å². The Morgan fingerprint density at radius 3 is 1.94 bits per heavy atom. The molecule has 0 aliphatic carbocycles. The van der Waals surface area contributed by atoms with E-state index in [0.717, 1.165) is 5.56 Å². The first-order chi connectivity index (χ1) is 7.36. The van der Waals surface area contributed by atoms with Crippen molar-refractivity contribution in [2.75, 3.05) is 5.73 Å². The molecule has 5 nitrogen and oxygen atoms in total. The maximum absolute atomic E-state index is 11.2. The van der Waals surface area contributed by atoms with Gasteiger partial charge in [0.2, 0.25) is 11.8 Å². The van der Waals surface area contributed by atoms with Crippen LogP contribution in [0.5, 0.6) is 0 Å². The van der Waals surface area contributed by atoms with Crippen LogP contribution in [0, 0.1) is 5.41 Å². The maximum atomic E-state index is 11.2. The Bertz CT molecular complexity index is 398. The molecule has 0 heterocycles. The summed E-state index contributed by atoms with van der Waals surface area (Å²) in [6.07, 6.45) is 0.179. The molecule has 0 bridgehead atoms. The predicted octanol–water partition coefficient (Wildman–Crippen LogP) is -0.212. The van der Waals surface area contributed by atoms with E-state index in [1.165, 1.54) is 6.92 Å². The fourth-order valence-electron chi connectivity index (χ4n) is 1.34. The van der Waals surface area contributed by atoms with Gasteiger partial charge >= 0.3 is 0 Å². The molecule has 0 aliphatic rings. The summed E-state index contributed by atoms with van der Waals surface area (Å²) in [5.74, 6) is -1.45. The average Bonchev–Trinajstić information content (AvgIpc) is 2.20. The highest BCUT2D eigenvalue weighted by Gasteiger charge is 2.37. The zero-order valence-electron chi connectivity index (χ0n) is 9.07. The minimum absolute atomic E-state index is 0.179. The number of amides is 2. The largest absolute Gasteiger partial charge is 0.399 e. The van der Waals surface area contributed by atoms with Crippen molar-refractivity contribution in [2.24, 2.45) is 16.9 Å². The molecule has 16 heavy (non-hydrogen) atoms. The zero-order chi connectivity index (χ0) is 12.3. The number of nitrogen functional groups attached to an aromatic ring is 1. The number of carbonyl (C=O) groups excluding carboxylic acids is 2. The lowest BCUT2D eigenvalue weighted by atomic mass is 9.82. The first-order valence-corrected chi connectivity index (χ1v) is 4.80. The summed E-state index contributed by atoms with van der Waals surface area (Å²) in [4.78, 5) is 22.5. The molecule has 1 rings (SSSR count). The number of hydrogen-bond acceptors (Lipinski definition) is 3. The minimum atomic E-state index is -1.36. The Labute approximate surface area is 93.6 Å². The lowest BCUT2D eigenvalue weighted by Gasteiger charge is -2.22. The van der Waals surface area contributed by atoms with Crippen molar-refractivity contribution >= 4 is 17.5 Å². The number of benzene rings is 1. The van der Waals surface area contributed by atoms with E-state index >= 15 is 0 Å². The van der Waals surface area contributed by atoms with Crippen molar-refractivity contribution in [3.63, 3.8) is 0 Å². The van der Waals surface area contributed by atoms with E-state index in [0.29, 0.717) is 5.69 Å². The van der Waals surface area contributed by atoms with Crippen LogP contribution < -0.4 is 17.2 Å². The Kier molecular flexibility index (Phi) is 3.17. The van der Waals surface area contributed by atoms with Gasteiger partial charge in [-0.05, 0) is 31.0 Å². The Balaban J connectivity index is 2.97. The van der Waals surface area contributed by atoms with Crippen molar-refractivity contribution in [3.05, 3.63) is 29.8 Å². The molecular weight excluding hydrogens is 206 g/mol. The van der Waals surface area contributed by atoms with Crippen LogP contribution in [-0.4, -0.2) is 11.8 Å². The normalized spacial score (nSPS) is 11.1. The fourth-order valence-corrected chi connectivity index (χ4v) is 1.34. The van der Waals surface area contributed by atoms with Crippen molar-refractivity contribution in [1.82, 2.24) is 0 Å². The van der Waals surface area contributed by atoms with Crippen LogP contribution in [0.1, 0.15) is 12.5 Å². The molecule has 0 atom stereocenters. The second-order valence-electron chi connectivity index (χ2n) is 3.98. The first kappa shape index (κ1) is 12.0. The monoisotopic (exact) mass is 221 g/mol. The van der Waals surface area contributed by atoms with E-state index in [9.17, 15) is 9.59 Å². The van der Waals surface area contributed by atoms with Crippen LogP contribution in [0.4, 0.5) is 5.69 Å². The van der Waals surface area contributed by atoms with Crippen LogP contribution in [-0.2, 0) is 16.0 Å². The molecule has 0 radical (unpaired) electrons. The van der Waals surface area contributed by atoms with E-state index in [1.807, 2.05) is 0 Å². The molecule has 0 aliphatic heterocycles. The third-order valence-electron chi connectivity index (χ3n) is 2.63. The second-order valence-corrected chi connectivity index (χ2v) is 3.98. The summed E-state index contributed by atoms with van der Waals surface area (Å²) < 4.78 is 0. The molecular formula is C11H15N3O2. The smallest absolute Gasteiger partial charge is 0.233 e. The summed E-state index contributed by atoms with van der Waals surface area (Å²) in [7, 11) is 0. The van der Waals surface area contributed by atoms with Crippen LogP contribution in [0.25, 0.3) is 0 Å². The van der Waals surface area contributed by atoms with Gasteiger partial charge in [-0.15, -0.1) is 0 Å². The van der Waals surface area contributed by atoms with E-state index < -0.39 is 17.2 Å². The van der Waals surface area contributed by atoms with E-state index in [1.54, 1.807) is 24.3 Å². The maximum Gasteiger partial charge on any atom is 0.233 e. The second kappa shape index (κ2) is 4.22. The third-order valence-corrected chi connectivity index (χ3v) is 2.63. The van der Waals surface area contributed by atoms with Gasteiger partial charge < -0.3 is 17.2 Å². The molecule has 0 unspecified atom stereocenters. The van der Waals surface area contributed by atoms with Gasteiger partial charge in [0, 0.05) is 5.69 Å². The average molecular weight is 221 g/mol. The molecule has 0 saturated heterocycles. The quantitative estimate of drug-likeness (QED) is 0.483. The standard InChI is InChI=1S/C11H15N3O2/c1-11(9(13)15,10(14)16)6-7-2-4-8(12)5-3-7/h2-5H,6,12H2,1H3,(H2,13,15)(H2,14,16). The topological polar surface area (TPSA) is 112 Å². The highest BCUT2D eigenvalue weighted by molar-refractivity contribution is 6.03. The SMILES string of the molecule is CC(Cc1ccc(N)cc1)(C(N)=O)C(N)=O. The third kappa shape index (κ3) is 2.31. The summed E-state index contributed by atoms with van der Waals surface area (Å²) in [6.45, 7) is 1.44. The molecule has 1 aromatic carbocycles. The Morgan fingerprint density at radius 1 is 1.12 bits per heavy atom. The summed E-state index contributed by atoms with van der Waals surface area (Å²) in [6, 6.07) is 6.86. The Hall–Kier alpha value is -2.04. The lowest BCUT2D eigenvalue weighted by molar-refractivity contribution is -0.138. The van der Waals surface area contributed by atoms with Gasteiger partial charge in [0.15, 0.2) is 0 Å². The fraction of sp³-hybridized carbons (Fsp3) is 0.273. The molecule has 5 heteroatoms. The minimum Gasteiger partial charge on any atom is -0.399 e. The molecule has 1 aromatic rings. The molecule has 0 spiro atoms. The molecule has 2 amide bonds. The van der Waals surface area contributed by atoms with Gasteiger partial charge in [-0.25, -0.2) is 0 Å². The lowest BCUT2D eigenvalue weighted by Crippen LogP contribution is -2.46. The number of hydrogen-bond donors (Lipinski definition) is 3. The number of nitrogens with two attached hydrogens (primary N) is 3. The van der Waals surface area contributed by atoms with Gasteiger partial charge in [-0.2, -0.15) is 0 Å². The summed E-state index contributed by atoms with van der Waals surface area (Å²) in [5, 5.41) is 0. The molecule has 0 saturated carbocycles. The van der Waals surface area contributed by atoms with Gasteiger partial charge in [0.05, 0.1) is 0 Å². The van der Waals surface area contributed by atoms with Crippen molar-refractivity contribution < 1.29 is 9.59 Å². The Morgan fingerprint density at radius 2 is 1.56 bits per heavy atom. The molecule has 6 N–H and O–H groups in total. The van der Waals surface area contributed by atoms with Crippen LogP contribution in [0.15, 0.2) is 24.3 Å². The van der Waals surface area contributed by atoms with E-state index in [2.05, 4.69) is 0 Å². The highest BCUT2D eigenvalue weighted by Crippen LogP contribution is 2.22. The van der Waals surface area contributed by atoms with Gasteiger partial charge in [-0.3, -0.25) is 9.59 Å². The molecule has 0 fully saturated rings. The first-order valence-electron chi connectivity index (χ1n) is 4.80. The predicted molar refractivity (Wildman–Crippen MR) is 61.1 cm³/mol. The van der Waals surface area contributed by atoms with Crippen molar-refractivity contribution in [3.8, 4) is 0 Å². The van der Waals surface area contributed by atoms with Crippen LogP contribution >= 0.6 is 0 Å². The number of rotatable bonds is 4. The highest BCUT2D eigenvalue weighted by atomic mass is 16.2. The van der Waals surface area contributed by atoms with E-state index in [4.69, 9.17) is 17.2 Å². The van der Waals surface area contributed by atoms with Crippen molar-refractivity contribution in [1.29, 1.82) is 0 Å².